The molecule has 3 aromatic heterocycles. The number of likely N-dealkylation sites (N-methyl/N-ethyl adjacent to an activating group) is 1. The third-order valence-corrected chi connectivity index (χ3v) is 5.81. The first kappa shape index (κ1) is 22.4. The number of rotatable bonds is 4. The fraction of sp³-hybridized carbons (Fsp3) is 0.227. The lowest BCUT2D eigenvalue weighted by Crippen LogP contribution is -2.34. The summed E-state index contributed by atoms with van der Waals surface area (Å²) >= 11 is 0. The average molecular weight is 484 g/mol. The number of nitrogen functional groups attached to an aromatic ring is 1. The minimum atomic E-state index is -3.95. The van der Waals surface area contributed by atoms with Crippen LogP contribution in [0.25, 0.3) is 22.7 Å². The van der Waals surface area contributed by atoms with E-state index in [-0.39, 0.29) is 35.2 Å². The number of carbonyl (C=O) groups is 1. The maximum absolute atomic E-state index is 15.8. The third-order valence-electron chi connectivity index (χ3n) is 5.81. The Labute approximate surface area is 196 Å². The molecule has 4 heterocycles. The van der Waals surface area contributed by atoms with E-state index in [2.05, 4.69) is 20.4 Å². The number of aryl methyl sites for hydroxylation is 1. The molecule has 0 saturated carbocycles. The molecule has 0 bridgehead atoms. The van der Waals surface area contributed by atoms with Gasteiger partial charge >= 0.3 is 5.92 Å². The van der Waals surface area contributed by atoms with E-state index in [4.69, 9.17) is 10.5 Å². The molecular weight excluding hydrogens is 465 g/mol. The van der Waals surface area contributed by atoms with E-state index < -0.39 is 23.1 Å². The number of benzene rings is 1. The van der Waals surface area contributed by atoms with Gasteiger partial charge < -0.3 is 15.4 Å². The fourth-order valence-electron chi connectivity index (χ4n) is 3.79. The highest BCUT2D eigenvalue weighted by Crippen LogP contribution is 2.40. The van der Waals surface area contributed by atoms with Crippen molar-refractivity contribution >= 4 is 23.0 Å². The van der Waals surface area contributed by atoms with Gasteiger partial charge in [0.05, 0.1) is 23.2 Å². The molecule has 2 N–H and O–H groups in total. The molecule has 0 aliphatic carbocycles. The SMILES string of the molecule is CC1=C(c2cc(C(F)(F)c3nnc4ccc(-c5cnn(C)c5)nn34)c(F)cc2N)OCC(=O)N1C. The summed E-state index contributed by atoms with van der Waals surface area (Å²) < 4.78 is 54.3. The molecule has 1 aromatic carbocycles. The van der Waals surface area contributed by atoms with Crippen molar-refractivity contribution in [2.45, 2.75) is 12.8 Å². The normalized spacial score (nSPS) is 14.7. The van der Waals surface area contributed by atoms with Crippen LogP contribution in [0.2, 0.25) is 0 Å². The number of alkyl halides is 2. The first-order chi connectivity index (χ1) is 16.6. The lowest BCUT2D eigenvalue weighted by molar-refractivity contribution is -0.132. The van der Waals surface area contributed by atoms with Gasteiger partial charge in [-0.05, 0) is 31.2 Å². The number of nitrogens with two attached hydrogens (primary N) is 1. The fourth-order valence-corrected chi connectivity index (χ4v) is 3.79. The number of carbonyl (C=O) groups excluding carboxylic acids is 1. The Morgan fingerprint density at radius 1 is 1.17 bits per heavy atom. The van der Waals surface area contributed by atoms with Crippen LogP contribution in [0.4, 0.5) is 18.9 Å². The van der Waals surface area contributed by atoms with Gasteiger partial charge in [-0.15, -0.1) is 10.2 Å². The van der Waals surface area contributed by atoms with E-state index in [0.717, 1.165) is 16.6 Å². The van der Waals surface area contributed by atoms with E-state index in [0.29, 0.717) is 17.0 Å². The van der Waals surface area contributed by atoms with Crippen molar-refractivity contribution < 1.29 is 22.7 Å². The molecule has 1 aliphatic heterocycles. The molecule has 0 unspecified atom stereocenters. The number of halogens is 3. The lowest BCUT2D eigenvalue weighted by Gasteiger charge is -2.28. The average Bonchev–Trinajstić information content (AvgIpc) is 3.44. The van der Waals surface area contributed by atoms with E-state index in [1.54, 1.807) is 30.9 Å². The third kappa shape index (κ3) is 3.55. The predicted octanol–water partition coefficient (Wildman–Crippen LogP) is 2.56. The van der Waals surface area contributed by atoms with Gasteiger partial charge in [0.15, 0.2) is 12.3 Å². The largest absolute Gasteiger partial charge is 0.481 e. The van der Waals surface area contributed by atoms with Crippen LogP contribution in [-0.4, -0.2) is 54.1 Å². The number of ether oxygens (including phenoxy) is 1. The van der Waals surface area contributed by atoms with Gasteiger partial charge in [-0.1, -0.05) is 0 Å². The summed E-state index contributed by atoms with van der Waals surface area (Å²) in [7, 11) is 3.23. The zero-order chi connectivity index (χ0) is 25.1. The molecule has 0 radical (unpaired) electrons. The number of nitrogens with zero attached hydrogens (tertiary/aromatic N) is 7. The molecule has 180 valence electrons. The highest BCUT2D eigenvalue weighted by atomic mass is 19.3. The predicted molar refractivity (Wildman–Crippen MR) is 118 cm³/mol. The molecule has 0 fully saturated rings. The highest BCUT2D eigenvalue weighted by molar-refractivity contribution is 5.86. The molecule has 10 nitrogen and oxygen atoms in total. The van der Waals surface area contributed by atoms with E-state index in [1.807, 2.05) is 0 Å². The zero-order valence-electron chi connectivity index (χ0n) is 18.8. The van der Waals surface area contributed by atoms with Crippen LogP contribution in [0.1, 0.15) is 23.9 Å². The second-order valence-electron chi connectivity index (χ2n) is 8.06. The Morgan fingerprint density at radius 2 is 1.94 bits per heavy atom. The van der Waals surface area contributed by atoms with Gasteiger partial charge in [-0.2, -0.15) is 23.5 Å². The number of hydrogen-bond donors (Lipinski definition) is 1. The van der Waals surface area contributed by atoms with E-state index in [9.17, 15) is 9.18 Å². The van der Waals surface area contributed by atoms with Gasteiger partial charge in [-0.3, -0.25) is 9.48 Å². The molecule has 0 atom stereocenters. The van der Waals surface area contributed by atoms with Crippen LogP contribution >= 0.6 is 0 Å². The van der Waals surface area contributed by atoms with Crippen molar-refractivity contribution in [1.29, 1.82) is 0 Å². The van der Waals surface area contributed by atoms with Crippen LogP contribution in [0.3, 0.4) is 0 Å². The number of aromatic nitrogens is 6. The first-order valence-electron chi connectivity index (χ1n) is 10.4. The summed E-state index contributed by atoms with van der Waals surface area (Å²) in [4.78, 5) is 13.2. The van der Waals surface area contributed by atoms with Crippen molar-refractivity contribution in [2.75, 3.05) is 19.4 Å². The smallest absolute Gasteiger partial charge is 0.336 e. The molecule has 5 rings (SSSR count). The second kappa shape index (κ2) is 7.82. The van der Waals surface area contributed by atoms with Crippen molar-refractivity contribution in [3.05, 3.63) is 65.1 Å². The topological polar surface area (TPSA) is 116 Å². The number of fused-ring (bicyclic) bond motifs is 1. The van der Waals surface area contributed by atoms with Gasteiger partial charge in [-0.25, -0.2) is 4.39 Å². The summed E-state index contributed by atoms with van der Waals surface area (Å²) in [6.07, 6.45) is 3.20. The number of anilines is 1. The monoisotopic (exact) mass is 484 g/mol. The van der Waals surface area contributed by atoms with Gasteiger partial charge in [0.25, 0.3) is 5.91 Å². The van der Waals surface area contributed by atoms with Crippen LogP contribution in [0.15, 0.2) is 42.4 Å². The summed E-state index contributed by atoms with van der Waals surface area (Å²) in [5.41, 5.74) is 6.20. The van der Waals surface area contributed by atoms with E-state index >= 15 is 8.78 Å². The molecule has 13 heteroatoms. The number of hydrogen-bond acceptors (Lipinski definition) is 7. The Bertz CT molecular complexity index is 1520. The molecule has 0 spiro atoms. The molecule has 35 heavy (non-hydrogen) atoms. The summed E-state index contributed by atoms with van der Waals surface area (Å²) in [5.74, 6) is -6.28. The maximum atomic E-state index is 15.8. The standard InChI is InChI=1S/C22H19F3N8O2/c1-11-20(35-10-19(34)32(11)3)13-6-14(15(23)7-16(13)26)22(24,25)21-29-28-18-5-4-17(30-33(18)21)12-8-27-31(2)9-12/h4-9H,10,26H2,1-3H3. The molecular formula is C22H19F3N8O2. The Morgan fingerprint density at radius 3 is 2.66 bits per heavy atom. The zero-order valence-corrected chi connectivity index (χ0v) is 18.8. The number of allylic oxidation sites excluding steroid dienone is 1. The summed E-state index contributed by atoms with van der Waals surface area (Å²) in [5, 5.41) is 15.7. The van der Waals surface area contributed by atoms with E-state index in [1.165, 1.54) is 24.2 Å². The van der Waals surface area contributed by atoms with Crippen LogP contribution in [0, 0.1) is 5.82 Å². The first-order valence-corrected chi connectivity index (χ1v) is 10.4. The van der Waals surface area contributed by atoms with Crippen molar-refractivity contribution in [3.63, 3.8) is 0 Å². The van der Waals surface area contributed by atoms with Crippen LogP contribution in [0.5, 0.6) is 0 Å². The van der Waals surface area contributed by atoms with Crippen LogP contribution in [-0.2, 0) is 22.5 Å². The molecule has 1 amide bonds. The molecule has 0 saturated heterocycles. The highest BCUT2D eigenvalue weighted by Gasteiger charge is 2.43. The maximum Gasteiger partial charge on any atom is 0.336 e. The molecule has 1 aliphatic rings. The second-order valence-corrected chi connectivity index (χ2v) is 8.06. The Balaban J connectivity index is 1.65. The van der Waals surface area contributed by atoms with Crippen molar-refractivity contribution in [2.24, 2.45) is 7.05 Å². The minimum absolute atomic E-state index is 0.0238. The van der Waals surface area contributed by atoms with Crippen molar-refractivity contribution in [3.8, 4) is 11.3 Å². The van der Waals surface area contributed by atoms with Crippen LogP contribution < -0.4 is 5.73 Å². The summed E-state index contributed by atoms with van der Waals surface area (Å²) in [6, 6.07) is 4.76. The van der Waals surface area contributed by atoms with Crippen molar-refractivity contribution in [1.82, 2.24) is 34.5 Å². The Kier molecular flexibility index (Phi) is 5.00. The van der Waals surface area contributed by atoms with Gasteiger partial charge in [0.2, 0.25) is 5.82 Å². The van der Waals surface area contributed by atoms with Gasteiger partial charge in [0.1, 0.15) is 11.6 Å². The quantitative estimate of drug-likeness (QED) is 0.443. The van der Waals surface area contributed by atoms with Gasteiger partial charge in [0, 0.05) is 37.1 Å². The molecule has 4 aromatic rings. The lowest BCUT2D eigenvalue weighted by atomic mass is 10.00. The Hall–Kier alpha value is -4.42. The minimum Gasteiger partial charge on any atom is -0.481 e. The summed E-state index contributed by atoms with van der Waals surface area (Å²) in [6.45, 7) is 1.27. The number of amides is 1.